The van der Waals surface area contributed by atoms with Crippen LogP contribution in [0.1, 0.15) is 84.5 Å². The van der Waals surface area contributed by atoms with Gasteiger partial charge in [-0.25, -0.2) is 0 Å². The van der Waals surface area contributed by atoms with Gasteiger partial charge < -0.3 is 4.74 Å². The van der Waals surface area contributed by atoms with Gasteiger partial charge in [0.2, 0.25) is 0 Å². The number of hydrogen-bond donors (Lipinski definition) is 0. The van der Waals surface area contributed by atoms with E-state index in [9.17, 15) is 9.59 Å². The van der Waals surface area contributed by atoms with Crippen LogP contribution in [0, 0.1) is 0 Å². The van der Waals surface area contributed by atoms with Crippen molar-refractivity contribution < 1.29 is 14.3 Å². The normalized spacial score (nSPS) is 18.0. The molecule has 1 aliphatic carbocycles. The van der Waals surface area contributed by atoms with Crippen molar-refractivity contribution in [3.05, 3.63) is 0 Å². The summed E-state index contributed by atoms with van der Waals surface area (Å²) >= 11 is 0. The second-order valence-electron chi connectivity index (χ2n) is 5.74. The van der Waals surface area contributed by atoms with Crippen molar-refractivity contribution in [3.8, 4) is 0 Å². The highest BCUT2D eigenvalue weighted by Gasteiger charge is 2.41. The maximum Gasteiger partial charge on any atom is 0.303 e. The topological polar surface area (TPSA) is 43.4 Å². The first-order chi connectivity index (χ1) is 9.10. The molecule has 0 unspecified atom stereocenters. The molecule has 0 saturated heterocycles. The fourth-order valence-electron chi connectivity index (χ4n) is 2.95. The lowest BCUT2D eigenvalue weighted by atomic mass is 9.80. The van der Waals surface area contributed by atoms with E-state index >= 15 is 0 Å². The number of hydrogen-bond acceptors (Lipinski definition) is 3. The Bertz CT molecular complexity index is 290. The van der Waals surface area contributed by atoms with Crippen LogP contribution in [0.15, 0.2) is 0 Å². The molecule has 0 aromatic rings. The van der Waals surface area contributed by atoms with E-state index in [-0.39, 0.29) is 11.8 Å². The van der Waals surface area contributed by atoms with Crippen LogP contribution >= 0.6 is 0 Å². The predicted octanol–water partition coefficient (Wildman–Crippen LogP) is 4.18. The largest absolute Gasteiger partial charge is 0.451 e. The minimum atomic E-state index is -0.783. The summed E-state index contributed by atoms with van der Waals surface area (Å²) in [5.41, 5.74) is -0.783. The second kappa shape index (κ2) is 8.34. The summed E-state index contributed by atoms with van der Waals surface area (Å²) in [5.74, 6) is -0.167. The van der Waals surface area contributed by atoms with Crippen molar-refractivity contribution in [2.24, 2.45) is 0 Å². The van der Waals surface area contributed by atoms with E-state index in [0.717, 1.165) is 44.9 Å². The Morgan fingerprint density at radius 3 is 2.21 bits per heavy atom. The van der Waals surface area contributed by atoms with Crippen LogP contribution in [0.2, 0.25) is 0 Å². The summed E-state index contributed by atoms with van der Waals surface area (Å²) < 4.78 is 5.43. The monoisotopic (exact) mass is 268 g/mol. The Hall–Kier alpha value is -0.860. The smallest absolute Gasteiger partial charge is 0.303 e. The zero-order chi connectivity index (χ0) is 14.1. The molecule has 1 rings (SSSR count). The number of Topliss-reactive ketones (excluding diaryl/α,β-unsaturated/α-hetero) is 1. The highest BCUT2D eigenvalue weighted by atomic mass is 16.6. The molecule has 0 radical (unpaired) electrons. The van der Waals surface area contributed by atoms with Crippen LogP contribution < -0.4 is 0 Å². The minimum Gasteiger partial charge on any atom is -0.451 e. The molecule has 3 nitrogen and oxygen atoms in total. The Kier molecular flexibility index (Phi) is 7.11. The first kappa shape index (κ1) is 16.2. The van der Waals surface area contributed by atoms with Gasteiger partial charge in [-0.05, 0) is 32.1 Å². The number of carbonyl (C=O) groups is 2. The Balaban J connectivity index is 2.45. The fourth-order valence-corrected chi connectivity index (χ4v) is 2.95. The first-order valence-corrected chi connectivity index (χ1v) is 7.83. The first-order valence-electron chi connectivity index (χ1n) is 7.83. The van der Waals surface area contributed by atoms with Crippen LogP contribution in [0.4, 0.5) is 0 Å². The Morgan fingerprint density at radius 2 is 1.63 bits per heavy atom. The summed E-state index contributed by atoms with van der Waals surface area (Å²) in [4.78, 5) is 23.7. The zero-order valence-corrected chi connectivity index (χ0v) is 12.5. The molecule has 1 saturated carbocycles. The number of unbranched alkanes of at least 4 members (excludes halogenated alkanes) is 4. The molecule has 0 atom stereocenters. The van der Waals surface area contributed by atoms with Gasteiger partial charge in [-0.1, -0.05) is 39.0 Å². The van der Waals surface area contributed by atoms with Crippen molar-refractivity contribution in [2.45, 2.75) is 90.1 Å². The van der Waals surface area contributed by atoms with Crippen molar-refractivity contribution in [1.29, 1.82) is 0 Å². The lowest BCUT2D eigenvalue weighted by molar-refractivity contribution is -0.169. The SMILES string of the molecule is CCCCCCCC(=O)C1(OC(C)=O)CCCCC1. The van der Waals surface area contributed by atoms with Gasteiger partial charge in [0, 0.05) is 13.3 Å². The standard InChI is InChI=1S/C16H28O3/c1-3-4-5-6-8-11-15(18)16(19-14(2)17)12-9-7-10-13-16/h3-13H2,1-2H3. The van der Waals surface area contributed by atoms with Crippen LogP contribution in [0.3, 0.4) is 0 Å². The summed E-state index contributed by atoms with van der Waals surface area (Å²) in [6, 6.07) is 0. The Morgan fingerprint density at radius 1 is 1.00 bits per heavy atom. The lowest BCUT2D eigenvalue weighted by Crippen LogP contribution is -2.44. The number of rotatable bonds is 8. The van der Waals surface area contributed by atoms with E-state index in [0.29, 0.717) is 6.42 Å². The molecule has 19 heavy (non-hydrogen) atoms. The van der Waals surface area contributed by atoms with Gasteiger partial charge in [0.15, 0.2) is 11.4 Å². The van der Waals surface area contributed by atoms with Gasteiger partial charge in [0.05, 0.1) is 0 Å². The molecule has 0 aromatic heterocycles. The number of carbonyl (C=O) groups excluding carboxylic acids is 2. The van der Waals surface area contributed by atoms with E-state index in [1.54, 1.807) is 0 Å². The average molecular weight is 268 g/mol. The summed E-state index contributed by atoms with van der Waals surface area (Å²) in [7, 11) is 0. The quantitative estimate of drug-likeness (QED) is 0.490. The fraction of sp³-hybridized carbons (Fsp3) is 0.875. The summed E-state index contributed by atoms with van der Waals surface area (Å²) in [6.45, 7) is 3.59. The molecule has 110 valence electrons. The number of ether oxygens (including phenoxy) is 1. The third-order valence-corrected chi connectivity index (χ3v) is 4.02. The van der Waals surface area contributed by atoms with Gasteiger partial charge in [-0.2, -0.15) is 0 Å². The molecule has 0 bridgehead atoms. The highest BCUT2D eigenvalue weighted by Crippen LogP contribution is 2.34. The second-order valence-corrected chi connectivity index (χ2v) is 5.74. The molecule has 0 aliphatic heterocycles. The van der Waals surface area contributed by atoms with Gasteiger partial charge in [0.25, 0.3) is 0 Å². The van der Waals surface area contributed by atoms with E-state index in [4.69, 9.17) is 4.74 Å². The molecule has 3 heteroatoms. The van der Waals surface area contributed by atoms with Gasteiger partial charge >= 0.3 is 5.97 Å². The van der Waals surface area contributed by atoms with Gasteiger partial charge in [0.1, 0.15) is 0 Å². The van der Waals surface area contributed by atoms with Crippen molar-refractivity contribution in [2.75, 3.05) is 0 Å². The third kappa shape index (κ3) is 5.33. The van der Waals surface area contributed by atoms with Crippen LogP contribution in [0.5, 0.6) is 0 Å². The maximum absolute atomic E-state index is 12.4. The van der Waals surface area contributed by atoms with Crippen molar-refractivity contribution in [1.82, 2.24) is 0 Å². The summed E-state index contributed by atoms with van der Waals surface area (Å²) in [6.07, 6.45) is 10.8. The molecular formula is C16H28O3. The van der Waals surface area contributed by atoms with Crippen LogP contribution in [0.25, 0.3) is 0 Å². The molecule has 1 aliphatic rings. The van der Waals surface area contributed by atoms with Gasteiger partial charge in [-0.15, -0.1) is 0 Å². The summed E-state index contributed by atoms with van der Waals surface area (Å²) in [5, 5.41) is 0. The van der Waals surface area contributed by atoms with Gasteiger partial charge in [-0.3, -0.25) is 9.59 Å². The van der Waals surface area contributed by atoms with E-state index < -0.39 is 5.60 Å². The highest BCUT2D eigenvalue weighted by molar-refractivity contribution is 5.89. The van der Waals surface area contributed by atoms with Crippen molar-refractivity contribution >= 4 is 11.8 Å². The minimum absolute atomic E-state index is 0.152. The predicted molar refractivity (Wildman–Crippen MR) is 76.0 cm³/mol. The average Bonchev–Trinajstić information content (AvgIpc) is 2.38. The molecule has 0 N–H and O–H groups in total. The van der Waals surface area contributed by atoms with Crippen molar-refractivity contribution in [3.63, 3.8) is 0 Å². The molecular weight excluding hydrogens is 240 g/mol. The van der Waals surface area contributed by atoms with Crippen LogP contribution in [-0.2, 0) is 14.3 Å². The molecule has 0 heterocycles. The molecule has 0 amide bonds. The van der Waals surface area contributed by atoms with E-state index in [1.807, 2.05) is 0 Å². The van der Waals surface area contributed by atoms with E-state index in [1.165, 1.54) is 26.2 Å². The lowest BCUT2D eigenvalue weighted by Gasteiger charge is -2.35. The zero-order valence-electron chi connectivity index (χ0n) is 12.5. The third-order valence-electron chi connectivity index (χ3n) is 4.02. The van der Waals surface area contributed by atoms with E-state index in [2.05, 4.69) is 6.92 Å². The molecule has 0 spiro atoms. The van der Waals surface area contributed by atoms with Crippen LogP contribution in [-0.4, -0.2) is 17.4 Å². The molecule has 0 aromatic carbocycles. The maximum atomic E-state index is 12.4. The molecule has 1 fully saturated rings. The number of esters is 1. The number of ketones is 1. The Labute approximate surface area is 117 Å².